The lowest BCUT2D eigenvalue weighted by molar-refractivity contribution is 0.0906. The van der Waals surface area contributed by atoms with Crippen LogP contribution in [-0.4, -0.2) is 33.8 Å². The summed E-state index contributed by atoms with van der Waals surface area (Å²) in [5, 5.41) is 12.1. The molecule has 0 saturated heterocycles. The minimum Gasteiger partial charge on any atom is -0.403 e. The first-order valence-electron chi connectivity index (χ1n) is 14.9. The van der Waals surface area contributed by atoms with Crippen molar-refractivity contribution in [1.82, 2.24) is 10.2 Å². The van der Waals surface area contributed by atoms with Crippen LogP contribution in [0.5, 0.6) is 0 Å². The number of nitrogens with zero attached hydrogens (tertiary/aromatic N) is 4. The normalized spacial score (nSPS) is 14.0. The fourth-order valence-electron chi connectivity index (χ4n) is 6.43. The Morgan fingerprint density at radius 3 is 1.79 bits per heavy atom. The third-order valence-electron chi connectivity index (χ3n) is 8.78. The highest BCUT2D eigenvalue weighted by molar-refractivity contribution is 6.37. The zero-order chi connectivity index (χ0) is 32.7. The van der Waals surface area contributed by atoms with E-state index < -0.39 is 23.6 Å². The van der Waals surface area contributed by atoms with E-state index >= 15 is 0 Å². The number of imide groups is 2. The van der Waals surface area contributed by atoms with Crippen molar-refractivity contribution in [3.8, 4) is 22.6 Å². The Labute approximate surface area is 276 Å². The topological polar surface area (TPSA) is 114 Å². The summed E-state index contributed by atoms with van der Waals surface area (Å²) in [6.07, 6.45) is 0. The van der Waals surface area contributed by atoms with Crippen molar-refractivity contribution in [2.24, 2.45) is 0 Å². The molecule has 0 atom stereocenters. The van der Waals surface area contributed by atoms with Crippen molar-refractivity contribution in [2.75, 3.05) is 9.80 Å². The molecule has 0 radical (unpaired) electrons. The third kappa shape index (κ3) is 4.04. The number of amides is 4. The van der Waals surface area contributed by atoms with Gasteiger partial charge in [-0.3, -0.25) is 19.2 Å². The fourth-order valence-corrected chi connectivity index (χ4v) is 6.64. The molecule has 228 valence electrons. The summed E-state index contributed by atoms with van der Waals surface area (Å²) in [6.45, 7) is 0. The summed E-state index contributed by atoms with van der Waals surface area (Å²) >= 11 is 6.25. The van der Waals surface area contributed by atoms with Gasteiger partial charge in [-0.2, -0.15) is 4.90 Å². The Bertz CT molecular complexity index is 2590. The van der Waals surface area contributed by atoms with E-state index in [0.29, 0.717) is 27.4 Å². The van der Waals surface area contributed by atoms with Gasteiger partial charge in [0.15, 0.2) is 0 Å². The Hall–Kier alpha value is -6.45. The number of hydrogen-bond donors (Lipinski definition) is 0. The maximum absolute atomic E-state index is 13.9. The number of rotatable bonds is 4. The number of fused-ring (bicyclic) bond motifs is 4. The van der Waals surface area contributed by atoms with Crippen molar-refractivity contribution in [2.45, 2.75) is 0 Å². The second kappa shape index (κ2) is 10.3. The van der Waals surface area contributed by atoms with Crippen molar-refractivity contribution >= 4 is 68.5 Å². The van der Waals surface area contributed by atoms with Gasteiger partial charge in [-0.05, 0) is 81.9 Å². The van der Waals surface area contributed by atoms with Crippen LogP contribution in [0, 0.1) is 0 Å². The van der Waals surface area contributed by atoms with Gasteiger partial charge < -0.3 is 4.42 Å². The van der Waals surface area contributed by atoms with Crippen LogP contribution < -0.4 is 9.80 Å². The average molecular weight is 647 g/mol. The second-order valence-electron chi connectivity index (χ2n) is 11.5. The summed E-state index contributed by atoms with van der Waals surface area (Å²) in [5.41, 5.74) is 2.99. The molecule has 6 aromatic carbocycles. The molecule has 0 saturated carbocycles. The predicted molar refractivity (Wildman–Crippen MR) is 180 cm³/mol. The molecule has 4 amide bonds. The molecule has 0 bridgehead atoms. The molecule has 7 aromatic rings. The SMILES string of the molecule is O=C1c2ccc(-c3ccc4c(c3)C(=O)N(c3cccc5cc6ccccc6cc35)C4=O)cc2C(=O)N1c1nnc(-c2ccccc2Cl)o1. The maximum atomic E-state index is 13.9. The molecule has 9 nitrogen and oxygen atoms in total. The predicted octanol–water partition coefficient (Wildman–Crippen LogP) is 7.96. The highest BCUT2D eigenvalue weighted by Crippen LogP contribution is 2.38. The van der Waals surface area contributed by atoms with Crippen LogP contribution >= 0.6 is 11.6 Å². The van der Waals surface area contributed by atoms with Gasteiger partial charge in [0.25, 0.3) is 29.5 Å². The Kier molecular flexibility index (Phi) is 5.96. The number of hydrogen-bond acceptors (Lipinski definition) is 7. The van der Waals surface area contributed by atoms with E-state index in [1.807, 2.05) is 48.5 Å². The van der Waals surface area contributed by atoms with Crippen molar-refractivity contribution in [1.29, 1.82) is 0 Å². The highest BCUT2D eigenvalue weighted by Gasteiger charge is 2.41. The summed E-state index contributed by atoms with van der Waals surface area (Å²) in [7, 11) is 0. The van der Waals surface area contributed by atoms with Crippen LogP contribution in [0.2, 0.25) is 5.02 Å². The van der Waals surface area contributed by atoms with Gasteiger partial charge in [0.05, 0.1) is 38.5 Å². The monoisotopic (exact) mass is 646 g/mol. The van der Waals surface area contributed by atoms with Crippen molar-refractivity contribution in [3.05, 3.63) is 143 Å². The summed E-state index contributed by atoms with van der Waals surface area (Å²) in [5.74, 6) is -2.03. The summed E-state index contributed by atoms with van der Waals surface area (Å²) in [4.78, 5) is 56.4. The number of halogens is 1. The molecule has 2 aliphatic heterocycles. The average Bonchev–Trinajstić information content (AvgIpc) is 3.76. The molecule has 0 fully saturated rings. The van der Waals surface area contributed by atoms with E-state index in [-0.39, 0.29) is 34.2 Å². The van der Waals surface area contributed by atoms with E-state index in [2.05, 4.69) is 10.2 Å². The Morgan fingerprint density at radius 2 is 1.08 bits per heavy atom. The van der Waals surface area contributed by atoms with Crippen LogP contribution in [-0.2, 0) is 0 Å². The first-order valence-corrected chi connectivity index (χ1v) is 15.3. The van der Waals surface area contributed by atoms with E-state index in [4.69, 9.17) is 16.0 Å². The molecule has 0 N–H and O–H groups in total. The van der Waals surface area contributed by atoms with Gasteiger partial charge in [-0.25, -0.2) is 4.90 Å². The molecule has 3 heterocycles. The lowest BCUT2D eigenvalue weighted by atomic mass is 9.97. The smallest absolute Gasteiger partial charge is 0.332 e. The van der Waals surface area contributed by atoms with E-state index in [9.17, 15) is 19.2 Å². The van der Waals surface area contributed by atoms with E-state index in [1.54, 1.807) is 66.7 Å². The van der Waals surface area contributed by atoms with Crippen LogP contribution in [0.3, 0.4) is 0 Å². The fraction of sp³-hybridized carbons (Fsp3) is 0. The maximum Gasteiger partial charge on any atom is 0.332 e. The molecule has 1 aromatic heterocycles. The molecule has 48 heavy (non-hydrogen) atoms. The van der Waals surface area contributed by atoms with Gasteiger partial charge in [-0.1, -0.05) is 77.4 Å². The van der Waals surface area contributed by atoms with Gasteiger partial charge in [0, 0.05) is 5.39 Å². The molecular formula is C38H19ClN4O5. The van der Waals surface area contributed by atoms with Crippen molar-refractivity contribution < 1.29 is 23.6 Å². The first-order chi connectivity index (χ1) is 23.4. The lowest BCUT2D eigenvalue weighted by Gasteiger charge is -2.17. The minimum atomic E-state index is -0.631. The molecule has 2 aliphatic rings. The summed E-state index contributed by atoms with van der Waals surface area (Å²) < 4.78 is 5.69. The standard InChI is InChI=1S/C38H19ClN4O5/c39-31-10-4-3-9-27(31)33-40-41-38(48-33)43-35(45)26-15-13-23(19-30(26)37(43)47)22-12-14-25-29(18-22)36(46)42(34(25)44)32-11-5-8-24-16-20-6-1-2-7-21(20)17-28(24)32/h1-19H. The van der Waals surface area contributed by atoms with Crippen LogP contribution in [0.1, 0.15) is 41.4 Å². The molecule has 0 aliphatic carbocycles. The molecule has 0 spiro atoms. The molecule has 0 unspecified atom stereocenters. The lowest BCUT2D eigenvalue weighted by Crippen LogP contribution is -2.29. The van der Waals surface area contributed by atoms with Gasteiger partial charge in [0.2, 0.25) is 0 Å². The molecule has 9 rings (SSSR count). The quantitative estimate of drug-likeness (QED) is 0.141. The van der Waals surface area contributed by atoms with E-state index in [1.165, 1.54) is 4.90 Å². The van der Waals surface area contributed by atoms with Crippen LogP contribution in [0.25, 0.3) is 44.1 Å². The van der Waals surface area contributed by atoms with Crippen LogP contribution in [0.15, 0.2) is 120 Å². The highest BCUT2D eigenvalue weighted by atomic mass is 35.5. The Morgan fingerprint density at radius 1 is 0.500 bits per heavy atom. The number of aromatic nitrogens is 2. The first kappa shape index (κ1) is 27.8. The van der Waals surface area contributed by atoms with Gasteiger partial charge in [-0.15, -0.1) is 5.10 Å². The number of anilines is 2. The molecule has 10 heteroatoms. The van der Waals surface area contributed by atoms with Gasteiger partial charge in [0.1, 0.15) is 0 Å². The number of benzene rings is 6. The number of carbonyl (C=O) groups excluding carboxylic acids is 4. The summed E-state index contributed by atoms with van der Waals surface area (Å²) in [6, 6.07) is 33.9. The van der Waals surface area contributed by atoms with E-state index in [0.717, 1.165) is 26.4 Å². The zero-order valence-corrected chi connectivity index (χ0v) is 25.4. The molecular weight excluding hydrogens is 628 g/mol. The minimum absolute atomic E-state index is 0.0658. The third-order valence-corrected chi connectivity index (χ3v) is 9.11. The van der Waals surface area contributed by atoms with Crippen molar-refractivity contribution in [3.63, 3.8) is 0 Å². The largest absolute Gasteiger partial charge is 0.403 e. The second-order valence-corrected chi connectivity index (χ2v) is 11.9. The zero-order valence-electron chi connectivity index (χ0n) is 24.7. The Balaban J connectivity index is 1.05. The number of carbonyl (C=O) groups is 4. The van der Waals surface area contributed by atoms with Gasteiger partial charge >= 0.3 is 6.01 Å². The van der Waals surface area contributed by atoms with Crippen LogP contribution in [0.4, 0.5) is 11.7 Å².